The van der Waals surface area contributed by atoms with Crippen molar-refractivity contribution in [3.05, 3.63) is 47.8 Å². The van der Waals surface area contributed by atoms with Crippen LogP contribution in [0.15, 0.2) is 36.5 Å². The minimum Gasteiger partial charge on any atom is -0.497 e. The summed E-state index contributed by atoms with van der Waals surface area (Å²) in [7, 11) is 1.55. The zero-order valence-corrected chi connectivity index (χ0v) is 10.8. The lowest BCUT2D eigenvalue weighted by atomic mass is 10.1. The SMILES string of the molecule is COc1ccc(C(N)Cn2ccc(C(F)(F)F)n2)cc1. The van der Waals surface area contributed by atoms with Crippen molar-refractivity contribution in [3.8, 4) is 5.75 Å². The number of methoxy groups -OCH3 is 1. The summed E-state index contributed by atoms with van der Waals surface area (Å²) >= 11 is 0. The highest BCUT2D eigenvalue weighted by atomic mass is 19.4. The molecule has 1 heterocycles. The molecular weight excluding hydrogens is 271 g/mol. The Morgan fingerprint density at radius 3 is 2.40 bits per heavy atom. The van der Waals surface area contributed by atoms with Crippen molar-refractivity contribution in [2.45, 2.75) is 18.8 Å². The molecule has 1 unspecified atom stereocenters. The van der Waals surface area contributed by atoms with Crippen molar-refractivity contribution in [1.82, 2.24) is 9.78 Å². The average molecular weight is 285 g/mol. The fourth-order valence-electron chi connectivity index (χ4n) is 1.77. The quantitative estimate of drug-likeness (QED) is 0.939. The highest BCUT2D eigenvalue weighted by Crippen LogP contribution is 2.27. The first kappa shape index (κ1) is 14.4. The summed E-state index contributed by atoms with van der Waals surface area (Å²) in [6.07, 6.45) is -3.17. The minimum absolute atomic E-state index is 0.169. The van der Waals surface area contributed by atoms with Gasteiger partial charge in [-0.2, -0.15) is 18.3 Å². The van der Waals surface area contributed by atoms with Gasteiger partial charge in [0.15, 0.2) is 5.69 Å². The van der Waals surface area contributed by atoms with E-state index in [-0.39, 0.29) is 6.54 Å². The molecule has 2 aromatic rings. The molecule has 0 bridgehead atoms. The van der Waals surface area contributed by atoms with Gasteiger partial charge in [0.1, 0.15) is 5.75 Å². The number of rotatable bonds is 4. The van der Waals surface area contributed by atoms with Crippen molar-refractivity contribution in [1.29, 1.82) is 0 Å². The maximum absolute atomic E-state index is 12.4. The van der Waals surface area contributed by atoms with E-state index in [1.165, 1.54) is 10.9 Å². The molecule has 2 N–H and O–H groups in total. The van der Waals surface area contributed by atoms with E-state index in [4.69, 9.17) is 10.5 Å². The van der Waals surface area contributed by atoms with Crippen LogP contribution < -0.4 is 10.5 Å². The molecule has 1 atom stereocenters. The molecule has 1 aromatic carbocycles. The Balaban J connectivity index is 2.07. The summed E-state index contributed by atoms with van der Waals surface area (Å²) in [5.41, 5.74) is 5.84. The summed E-state index contributed by atoms with van der Waals surface area (Å²) in [6, 6.07) is 7.54. The lowest BCUT2D eigenvalue weighted by Crippen LogP contribution is -2.18. The van der Waals surface area contributed by atoms with Gasteiger partial charge in [-0.1, -0.05) is 12.1 Å². The van der Waals surface area contributed by atoms with E-state index < -0.39 is 17.9 Å². The molecule has 0 amide bonds. The molecule has 1 aromatic heterocycles. The standard InChI is InChI=1S/C13H14F3N3O/c1-20-10-4-2-9(3-5-10)11(17)8-19-7-6-12(18-19)13(14,15)16/h2-7,11H,8,17H2,1H3. The molecule has 0 fully saturated rings. The highest BCUT2D eigenvalue weighted by Gasteiger charge is 2.33. The molecule has 0 aliphatic heterocycles. The summed E-state index contributed by atoms with van der Waals surface area (Å²) < 4.78 is 43.5. The first-order chi connectivity index (χ1) is 9.40. The Morgan fingerprint density at radius 1 is 1.25 bits per heavy atom. The normalized spacial score (nSPS) is 13.2. The predicted octanol–water partition coefficient (Wildman–Crippen LogP) is 2.61. The van der Waals surface area contributed by atoms with Crippen LogP contribution in [0, 0.1) is 0 Å². The number of alkyl halides is 3. The van der Waals surface area contributed by atoms with Crippen molar-refractivity contribution >= 4 is 0 Å². The largest absolute Gasteiger partial charge is 0.497 e. The first-order valence-corrected chi connectivity index (χ1v) is 5.90. The van der Waals surface area contributed by atoms with Gasteiger partial charge in [0.2, 0.25) is 0 Å². The van der Waals surface area contributed by atoms with E-state index in [9.17, 15) is 13.2 Å². The molecule has 0 saturated heterocycles. The predicted molar refractivity (Wildman–Crippen MR) is 67.2 cm³/mol. The highest BCUT2D eigenvalue weighted by molar-refractivity contribution is 5.28. The number of hydrogen-bond donors (Lipinski definition) is 1. The fourth-order valence-corrected chi connectivity index (χ4v) is 1.77. The van der Waals surface area contributed by atoms with Crippen molar-refractivity contribution < 1.29 is 17.9 Å². The molecule has 0 radical (unpaired) electrons. The lowest BCUT2D eigenvalue weighted by Gasteiger charge is -2.12. The van der Waals surface area contributed by atoms with Crippen molar-refractivity contribution in [3.63, 3.8) is 0 Å². The summed E-state index contributed by atoms with van der Waals surface area (Å²) in [6.45, 7) is 0.169. The second kappa shape index (κ2) is 5.54. The van der Waals surface area contributed by atoms with Crippen molar-refractivity contribution in [2.75, 3.05) is 7.11 Å². The Hall–Kier alpha value is -2.02. The maximum Gasteiger partial charge on any atom is 0.435 e. The third-order valence-corrected chi connectivity index (χ3v) is 2.86. The van der Waals surface area contributed by atoms with Gasteiger partial charge in [0.05, 0.1) is 13.7 Å². The Bertz CT molecular complexity index is 563. The van der Waals surface area contributed by atoms with Gasteiger partial charge in [-0.15, -0.1) is 0 Å². The van der Waals surface area contributed by atoms with E-state index in [0.29, 0.717) is 5.75 Å². The van der Waals surface area contributed by atoms with E-state index in [1.807, 2.05) is 0 Å². The maximum atomic E-state index is 12.4. The summed E-state index contributed by atoms with van der Waals surface area (Å²) in [5.74, 6) is 0.694. The number of halogens is 3. The average Bonchev–Trinajstić information content (AvgIpc) is 2.87. The topological polar surface area (TPSA) is 53.1 Å². The lowest BCUT2D eigenvalue weighted by molar-refractivity contribution is -0.141. The monoisotopic (exact) mass is 285 g/mol. The number of benzene rings is 1. The fraction of sp³-hybridized carbons (Fsp3) is 0.308. The number of aromatic nitrogens is 2. The Morgan fingerprint density at radius 2 is 1.90 bits per heavy atom. The van der Waals surface area contributed by atoms with Gasteiger partial charge in [-0.3, -0.25) is 4.68 Å². The zero-order chi connectivity index (χ0) is 14.8. The minimum atomic E-state index is -4.44. The molecule has 0 spiro atoms. The third-order valence-electron chi connectivity index (χ3n) is 2.86. The van der Waals surface area contributed by atoms with Gasteiger partial charge in [-0.25, -0.2) is 0 Å². The van der Waals surface area contributed by atoms with Crippen LogP contribution in [0.4, 0.5) is 13.2 Å². The van der Waals surface area contributed by atoms with Crippen LogP contribution >= 0.6 is 0 Å². The van der Waals surface area contributed by atoms with E-state index >= 15 is 0 Å². The van der Waals surface area contributed by atoms with Gasteiger partial charge >= 0.3 is 6.18 Å². The molecule has 20 heavy (non-hydrogen) atoms. The second-order valence-electron chi connectivity index (χ2n) is 4.30. The van der Waals surface area contributed by atoms with E-state index in [1.54, 1.807) is 31.4 Å². The Kier molecular flexibility index (Phi) is 3.99. The van der Waals surface area contributed by atoms with Gasteiger partial charge in [-0.05, 0) is 23.8 Å². The number of nitrogens with zero attached hydrogens (tertiary/aromatic N) is 2. The molecule has 0 saturated carbocycles. The number of hydrogen-bond acceptors (Lipinski definition) is 3. The summed E-state index contributed by atoms with van der Waals surface area (Å²) in [4.78, 5) is 0. The number of nitrogens with two attached hydrogens (primary N) is 1. The first-order valence-electron chi connectivity index (χ1n) is 5.90. The molecule has 0 aliphatic rings. The van der Waals surface area contributed by atoms with E-state index in [2.05, 4.69) is 5.10 Å². The van der Waals surface area contributed by atoms with E-state index in [0.717, 1.165) is 11.6 Å². The van der Waals surface area contributed by atoms with Crippen LogP contribution in [-0.4, -0.2) is 16.9 Å². The smallest absolute Gasteiger partial charge is 0.435 e. The molecule has 108 valence electrons. The van der Waals surface area contributed by atoms with Crippen molar-refractivity contribution in [2.24, 2.45) is 5.73 Å². The van der Waals surface area contributed by atoms with Crippen LogP contribution in [0.3, 0.4) is 0 Å². The third kappa shape index (κ3) is 3.30. The second-order valence-corrected chi connectivity index (χ2v) is 4.30. The van der Waals surface area contributed by atoms with Crippen LogP contribution in [0.2, 0.25) is 0 Å². The van der Waals surface area contributed by atoms with Gasteiger partial charge < -0.3 is 10.5 Å². The molecule has 7 heteroatoms. The summed E-state index contributed by atoms with van der Waals surface area (Å²) in [5, 5.41) is 3.47. The van der Waals surface area contributed by atoms with Crippen LogP contribution in [-0.2, 0) is 12.7 Å². The van der Waals surface area contributed by atoms with Crippen LogP contribution in [0.1, 0.15) is 17.3 Å². The zero-order valence-electron chi connectivity index (χ0n) is 10.8. The molecule has 2 rings (SSSR count). The Labute approximate surface area is 114 Å². The molecule has 0 aliphatic carbocycles. The molecule has 4 nitrogen and oxygen atoms in total. The molecular formula is C13H14F3N3O. The van der Waals surface area contributed by atoms with Crippen LogP contribution in [0.5, 0.6) is 5.75 Å². The van der Waals surface area contributed by atoms with Gasteiger partial charge in [0.25, 0.3) is 0 Å². The number of ether oxygens (including phenoxy) is 1. The van der Waals surface area contributed by atoms with Crippen LogP contribution in [0.25, 0.3) is 0 Å². The van der Waals surface area contributed by atoms with Gasteiger partial charge in [0, 0.05) is 12.2 Å².